The van der Waals surface area contributed by atoms with Gasteiger partial charge in [0, 0.05) is 31.1 Å². The van der Waals surface area contributed by atoms with E-state index in [-0.39, 0.29) is 24.5 Å². The average molecular weight is 359 g/mol. The van der Waals surface area contributed by atoms with Gasteiger partial charge in [-0.25, -0.2) is 9.50 Å². The van der Waals surface area contributed by atoms with Gasteiger partial charge >= 0.3 is 5.97 Å². The molecule has 1 N–H and O–H groups in total. The largest absolute Gasteiger partial charge is 0.502 e. The summed E-state index contributed by atoms with van der Waals surface area (Å²) in [5.41, 5.74) is 0.363. The smallest absolute Gasteiger partial charge is 0.306 e. The van der Waals surface area contributed by atoms with Gasteiger partial charge in [0.2, 0.25) is 11.2 Å². The molecule has 0 amide bonds. The van der Waals surface area contributed by atoms with E-state index >= 15 is 0 Å². The lowest BCUT2D eigenvalue weighted by molar-refractivity contribution is -0.140. The molecule has 3 aromatic rings. The topological polar surface area (TPSA) is 116 Å². The van der Waals surface area contributed by atoms with Gasteiger partial charge in [-0.2, -0.15) is 5.10 Å². The molecule has 3 aromatic heterocycles. The number of aromatic hydroxyl groups is 1. The number of rotatable bonds is 6. The zero-order chi connectivity index (χ0) is 18.7. The van der Waals surface area contributed by atoms with Crippen LogP contribution in [0, 0.1) is 0 Å². The van der Waals surface area contributed by atoms with Crippen molar-refractivity contribution in [2.24, 2.45) is 0 Å². The third kappa shape index (κ3) is 3.29. The highest BCUT2D eigenvalue weighted by atomic mass is 16.5. The summed E-state index contributed by atoms with van der Waals surface area (Å²) in [6.45, 7) is 0.0421. The Bertz CT molecular complexity index is 994. The first-order valence-electron chi connectivity index (χ1n) is 7.75. The van der Waals surface area contributed by atoms with Crippen molar-refractivity contribution in [3.8, 4) is 5.75 Å². The van der Waals surface area contributed by atoms with Gasteiger partial charge < -0.3 is 19.0 Å². The van der Waals surface area contributed by atoms with Crippen LogP contribution < -0.4 is 5.43 Å². The molecule has 26 heavy (non-hydrogen) atoms. The van der Waals surface area contributed by atoms with Gasteiger partial charge in [-0.15, -0.1) is 0 Å². The molecule has 0 bridgehead atoms. The molecule has 1 atom stereocenters. The van der Waals surface area contributed by atoms with Crippen LogP contribution in [0.1, 0.15) is 29.4 Å². The minimum atomic E-state index is -0.806. The Morgan fingerprint density at radius 2 is 2.23 bits per heavy atom. The van der Waals surface area contributed by atoms with E-state index in [1.807, 2.05) is 0 Å². The van der Waals surface area contributed by atoms with Gasteiger partial charge in [0.25, 0.3) is 0 Å². The molecular formula is C17H17N3O6. The van der Waals surface area contributed by atoms with E-state index in [4.69, 9.17) is 13.9 Å². The normalized spacial score (nSPS) is 12.2. The summed E-state index contributed by atoms with van der Waals surface area (Å²) >= 11 is 0. The summed E-state index contributed by atoms with van der Waals surface area (Å²) in [5.74, 6) is -1.75. The molecule has 0 spiro atoms. The molecule has 0 aliphatic heterocycles. The number of fused-ring (bicyclic) bond motifs is 1. The van der Waals surface area contributed by atoms with E-state index in [1.54, 1.807) is 18.5 Å². The molecule has 3 heterocycles. The lowest BCUT2D eigenvalue weighted by Gasteiger charge is -2.16. The van der Waals surface area contributed by atoms with E-state index in [0.717, 1.165) is 6.07 Å². The van der Waals surface area contributed by atoms with Crippen LogP contribution in [-0.4, -0.2) is 39.9 Å². The van der Waals surface area contributed by atoms with E-state index in [1.165, 1.54) is 24.9 Å². The Kier molecular flexibility index (Phi) is 4.99. The van der Waals surface area contributed by atoms with Crippen molar-refractivity contribution < 1.29 is 23.8 Å². The molecule has 0 aliphatic carbocycles. The van der Waals surface area contributed by atoms with Crippen LogP contribution in [0.25, 0.3) is 5.65 Å². The standard InChI is InChI=1S/C17H17N3O6/c1-24-9-10-6-13(21)15(23)16(26-10)11(7-14(22)25-2)12-8-19-20-5-3-4-18-17(12)20/h3-6,8,11,23H,7,9H2,1-2H3/t11-/m1/s1. The molecule has 0 saturated heterocycles. The average Bonchev–Trinajstić information content (AvgIpc) is 3.06. The highest BCUT2D eigenvalue weighted by molar-refractivity contribution is 5.72. The van der Waals surface area contributed by atoms with E-state index < -0.39 is 23.1 Å². The molecule has 9 heteroatoms. The van der Waals surface area contributed by atoms with Crippen LogP contribution in [0.5, 0.6) is 5.75 Å². The Morgan fingerprint density at radius 3 is 2.96 bits per heavy atom. The maximum Gasteiger partial charge on any atom is 0.306 e. The third-order valence-corrected chi connectivity index (χ3v) is 3.88. The number of ether oxygens (including phenoxy) is 2. The number of esters is 1. The molecule has 0 unspecified atom stereocenters. The molecule has 0 radical (unpaired) electrons. The predicted molar refractivity (Wildman–Crippen MR) is 88.8 cm³/mol. The molecule has 0 fully saturated rings. The van der Waals surface area contributed by atoms with Crippen molar-refractivity contribution in [3.63, 3.8) is 0 Å². The number of nitrogens with zero attached hydrogens (tertiary/aromatic N) is 3. The van der Waals surface area contributed by atoms with E-state index in [2.05, 4.69) is 10.1 Å². The molecule has 0 aliphatic rings. The zero-order valence-corrected chi connectivity index (χ0v) is 14.2. The van der Waals surface area contributed by atoms with Gasteiger partial charge in [0.1, 0.15) is 12.4 Å². The molecule has 9 nitrogen and oxygen atoms in total. The zero-order valence-electron chi connectivity index (χ0n) is 14.2. The monoisotopic (exact) mass is 359 g/mol. The fraction of sp³-hybridized carbons (Fsp3) is 0.294. The van der Waals surface area contributed by atoms with Crippen molar-refractivity contribution in [3.05, 3.63) is 58.0 Å². The first-order chi connectivity index (χ1) is 12.5. The minimum Gasteiger partial charge on any atom is -0.502 e. The third-order valence-electron chi connectivity index (χ3n) is 3.88. The number of hydrogen-bond acceptors (Lipinski definition) is 8. The van der Waals surface area contributed by atoms with Gasteiger partial charge in [0.15, 0.2) is 11.4 Å². The van der Waals surface area contributed by atoms with Crippen LogP contribution in [0.4, 0.5) is 0 Å². The second kappa shape index (κ2) is 7.36. The van der Waals surface area contributed by atoms with E-state index in [0.29, 0.717) is 11.2 Å². The second-order valence-electron chi connectivity index (χ2n) is 5.54. The summed E-state index contributed by atoms with van der Waals surface area (Å²) < 4.78 is 16.9. The molecular weight excluding hydrogens is 342 g/mol. The van der Waals surface area contributed by atoms with E-state index in [9.17, 15) is 14.7 Å². The van der Waals surface area contributed by atoms with Crippen LogP contribution in [0.2, 0.25) is 0 Å². The Labute approximate surface area is 147 Å². The maximum atomic E-state index is 12.1. The van der Waals surface area contributed by atoms with Gasteiger partial charge in [-0.05, 0) is 6.07 Å². The first-order valence-corrected chi connectivity index (χ1v) is 7.75. The fourth-order valence-electron chi connectivity index (χ4n) is 2.69. The fourth-order valence-corrected chi connectivity index (χ4v) is 2.69. The Hall–Kier alpha value is -3.20. The SMILES string of the molecule is COCc1cc(=O)c(O)c([C@H](CC(=O)OC)c2cnn3cccnc23)o1. The lowest BCUT2D eigenvalue weighted by Crippen LogP contribution is -2.14. The number of carbonyl (C=O) groups is 1. The minimum absolute atomic E-state index is 0.0421. The number of methoxy groups -OCH3 is 2. The summed E-state index contributed by atoms with van der Waals surface area (Å²) in [7, 11) is 2.71. The van der Waals surface area contributed by atoms with Crippen LogP contribution in [-0.2, 0) is 20.9 Å². The highest BCUT2D eigenvalue weighted by Gasteiger charge is 2.29. The summed E-state index contributed by atoms with van der Waals surface area (Å²) in [6, 6.07) is 2.85. The van der Waals surface area contributed by atoms with Crippen molar-refractivity contribution in [1.82, 2.24) is 14.6 Å². The molecule has 136 valence electrons. The summed E-state index contributed by atoms with van der Waals surface area (Å²) in [6.07, 6.45) is 4.62. The molecule has 3 rings (SSSR count). The van der Waals surface area contributed by atoms with Gasteiger partial charge in [0.05, 0.1) is 25.6 Å². The molecule has 0 aromatic carbocycles. The van der Waals surface area contributed by atoms with Crippen molar-refractivity contribution in [2.75, 3.05) is 14.2 Å². The van der Waals surface area contributed by atoms with Crippen molar-refractivity contribution in [2.45, 2.75) is 18.9 Å². The Morgan fingerprint density at radius 1 is 1.42 bits per heavy atom. The second-order valence-corrected chi connectivity index (χ2v) is 5.54. The number of hydrogen-bond donors (Lipinski definition) is 1. The molecule has 0 saturated carbocycles. The maximum absolute atomic E-state index is 12.1. The van der Waals surface area contributed by atoms with Gasteiger partial charge in [-0.3, -0.25) is 9.59 Å². The number of aromatic nitrogens is 3. The summed E-state index contributed by atoms with van der Waals surface area (Å²) in [5, 5.41) is 14.5. The quantitative estimate of drug-likeness (QED) is 0.653. The van der Waals surface area contributed by atoms with Crippen LogP contribution in [0.3, 0.4) is 0 Å². The lowest BCUT2D eigenvalue weighted by atomic mass is 9.94. The van der Waals surface area contributed by atoms with Crippen LogP contribution >= 0.6 is 0 Å². The van der Waals surface area contributed by atoms with Gasteiger partial charge in [-0.1, -0.05) is 0 Å². The first kappa shape index (κ1) is 17.6. The predicted octanol–water partition coefficient (Wildman–Crippen LogP) is 1.23. The highest BCUT2D eigenvalue weighted by Crippen LogP contribution is 2.34. The van der Waals surface area contributed by atoms with Crippen molar-refractivity contribution in [1.29, 1.82) is 0 Å². The Balaban J connectivity index is 2.19. The number of carbonyl (C=O) groups excluding carboxylic acids is 1. The van der Waals surface area contributed by atoms with Crippen LogP contribution in [0.15, 0.2) is 39.9 Å². The summed E-state index contributed by atoms with van der Waals surface area (Å²) in [4.78, 5) is 28.3. The van der Waals surface area contributed by atoms with Crippen molar-refractivity contribution >= 4 is 11.6 Å².